The maximum absolute atomic E-state index is 12.0. The van der Waals surface area contributed by atoms with Crippen LogP contribution in [0.15, 0.2) is 59.6 Å². The summed E-state index contributed by atoms with van der Waals surface area (Å²) in [6.07, 6.45) is 0. The molecule has 0 saturated carbocycles. The number of nitrogens with zero attached hydrogens (tertiary/aromatic N) is 4. The lowest BCUT2D eigenvalue weighted by molar-refractivity contribution is 0.0827. The fraction of sp³-hybridized carbons (Fsp3) is 0.320. The van der Waals surface area contributed by atoms with Crippen LogP contribution in [0, 0.1) is 13.8 Å². The topological polar surface area (TPSA) is 74.6 Å². The molecule has 176 valence electrons. The Bertz CT molecular complexity index is 1070. The Hall–Kier alpha value is -2.88. The third-order valence-electron chi connectivity index (χ3n) is 5.25. The summed E-state index contributed by atoms with van der Waals surface area (Å²) in [5.74, 6) is 0.740. The van der Waals surface area contributed by atoms with E-state index < -0.39 is 0 Å². The molecule has 1 heterocycles. The van der Waals surface area contributed by atoms with E-state index in [4.69, 9.17) is 10.1 Å². The van der Waals surface area contributed by atoms with E-state index in [0.29, 0.717) is 18.7 Å². The van der Waals surface area contributed by atoms with Crippen LogP contribution in [-0.2, 0) is 13.1 Å². The molecule has 1 aromatic heterocycles. The molecule has 0 spiro atoms. The van der Waals surface area contributed by atoms with Crippen molar-refractivity contribution < 1.29 is 4.79 Å². The Kier molecular flexibility index (Phi) is 9.90. The van der Waals surface area contributed by atoms with Crippen LogP contribution in [0.3, 0.4) is 0 Å². The van der Waals surface area contributed by atoms with Gasteiger partial charge in [-0.2, -0.15) is 5.10 Å². The fourth-order valence-corrected chi connectivity index (χ4v) is 3.45. The number of aliphatic imine (C=N–C) groups is 1. The molecule has 0 bridgehead atoms. The van der Waals surface area contributed by atoms with E-state index in [-0.39, 0.29) is 29.9 Å². The van der Waals surface area contributed by atoms with Gasteiger partial charge < -0.3 is 15.5 Å². The van der Waals surface area contributed by atoms with Crippen molar-refractivity contribution in [3.8, 4) is 5.69 Å². The molecular weight excluding hydrogens is 527 g/mol. The molecule has 0 aliphatic heterocycles. The van der Waals surface area contributed by atoms with Crippen molar-refractivity contribution in [2.24, 2.45) is 4.99 Å². The number of guanidine groups is 1. The minimum absolute atomic E-state index is 0. The van der Waals surface area contributed by atoms with Crippen LogP contribution in [0.5, 0.6) is 0 Å². The molecule has 7 nitrogen and oxygen atoms in total. The number of nitrogens with one attached hydrogen (secondary N) is 2. The van der Waals surface area contributed by atoms with E-state index in [0.717, 1.165) is 40.7 Å². The van der Waals surface area contributed by atoms with Crippen LogP contribution in [-0.4, -0.2) is 47.2 Å². The molecule has 33 heavy (non-hydrogen) atoms. The first-order valence-corrected chi connectivity index (χ1v) is 10.8. The molecule has 0 unspecified atom stereocenters. The van der Waals surface area contributed by atoms with E-state index in [1.165, 1.54) is 0 Å². The van der Waals surface area contributed by atoms with Gasteiger partial charge in [-0.3, -0.25) is 4.79 Å². The minimum Gasteiger partial charge on any atom is -0.357 e. The van der Waals surface area contributed by atoms with E-state index >= 15 is 0 Å². The third kappa shape index (κ3) is 6.80. The van der Waals surface area contributed by atoms with Gasteiger partial charge in [-0.25, -0.2) is 9.67 Å². The highest BCUT2D eigenvalue weighted by Crippen LogP contribution is 2.17. The second-order valence-corrected chi connectivity index (χ2v) is 7.84. The Morgan fingerprint density at radius 1 is 1.03 bits per heavy atom. The molecule has 3 rings (SSSR count). The zero-order chi connectivity index (χ0) is 23.1. The first-order chi connectivity index (χ1) is 15.4. The molecule has 0 atom stereocenters. The van der Waals surface area contributed by atoms with Crippen molar-refractivity contribution in [2.45, 2.75) is 33.9 Å². The molecule has 1 amide bonds. The number of halogens is 1. The van der Waals surface area contributed by atoms with E-state index in [9.17, 15) is 4.79 Å². The van der Waals surface area contributed by atoms with Crippen LogP contribution in [0.2, 0.25) is 0 Å². The Labute approximate surface area is 213 Å². The normalized spacial score (nSPS) is 11.0. The molecule has 0 fully saturated rings. The standard InChI is InChI=1S/C25H32N6O.HI/c1-6-26-25(27-16-20-12-14-21(15-13-20)24(32)30(4)5)28-17-23-18(2)29-31(19(23)3)22-10-8-7-9-11-22;/h7-15H,6,16-17H2,1-5H3,(H2,26,27,28);1H. The van der Waals surface area contributed by atoms with E-state index in [1.807, 2.05) is 61.0 Å². The molecule has 0 saturated heterocycles. The van der Waals surface area contributed by atoms with E-state index in [1.54, 1.807) is 19.0 Å². The highest BCUT2D eigenvalue weighted by Gasteiger charge is 2.13. The van der Waals surface area contributed by atoms with Gasteiger partial charge in [0.1, 0.15) is 0 Å². The molecular formula is C25H33IN6O. The predicted octanol–water partition coefficient (Wildman–Crippen LogP) is 4.06. The Balaban J connectivity index is 0.00000385. The van der Waals surface area contributed by atoms with Gasteiger partial charge in [-0.05, 0) is 50.6 Å². The van der Waals surface area contributed by atoms with Crippen LogP contribution in [0.4, 0.5) is 0 Å². The molecule has 0 aliphatic carbocycles. The number of benzene rings is 2. The Morgan fingerprint density at radius 3 is 2.30 bits per heavy atom. The number of carbonyl (C=O) groups excluding carboxylic acids is 1. The summed E-state index contributed by atoms with van der Waals surface area (Å²) in [4.78, 5) is 18.3. The van der Waals surface area contributed by atoms with Crippen molar-refractivity contribution in [1.29, 1.82) is 0 Å². The van der Waals surface area contributed by atoms with Gasteiger partial charge >= 0.3 is 0 Å². The van der Waals surface area contributed by atoms with Crippen molar-refractivity contribution in [1.82, 2.24) is 25.3 Å². The SMILES string of the molecule is CCNC(=NCc1ccc(C(=O)N(C)C)cc1)NCc1c(C)nn(-c2ccccc2)c1C.I. The van der Waals surface area contributed by atoms with Crippen molar-refractivity contribution in [2.75, 3.05) is 20.6 Å². The van der Waals surface area contributed by atoms with Crippen molar-refractivity contribution in [3.63, 3.8) is 0 Å². The minimum atomic E-state index is -0.00292. The highest BCUT2D eigenvalue weighted by atomic mass is 127. The second-order valence-electron chi connectivity index (χ2n) is 7.84. The largest absolute Gasteiger partial charge is 0.357 e. The maximum Gasteiger partial charge on any atom is 0.253 e. The summed E-state index contributed by atoms with van der Waals surface area (Å²) < 4.78 is 1.98. The maximum atomic E-state index is 12.0. The summed E-state index contributed by atoms with van der Waals surface area (Å²) in [5, 5.41) is 11.4. The van der Waals surface area contributed by atoms with Crippen LogP contribution in [0.1, 0.15) is 39.8 Å². The van der Waals surface area contributed by atoms with Crippen LogP contribution < -0.4 is 10.6 Å². The van der Waals surface area contributed by atoms with Crippen molar-refractivity contribution >= 4 is 35.8 Å². The molecule has 3 aromatic rings. The zero-order valence-corrected chi connectivity index (χ0v) is 22.3. The number of carbonyl (C=O) groups is 1. The number of hydrogen-bond donors (Lipinski definition) is 2. The van der Waals surface area contributed by atoms with Crippen LogP contribution in [0.25, 0.3) is 5.69 Å². The smallest absolute Gasteiger partial charge is 0.253 e. The lowest BCUT2D eigenvalue weighted by Gasteiger charge is -2.12. The van der Waals surface area contributed by atoms with Gasteiger partial charge in [-0.1, -0.05) is 30.3 Å². The number of rotatable bonds is 7. The number of aryl methyl sites for hydroxylation is 1. The summed E-state index contributed by atoms with van der Waals surface area (Å²) in [6.45, 7) is 8.08. The van der Waals surface area contributed by atoms with Gasteiger partial charge in [0.15, 0.2) is 5.96 Å². The molecule has 0 aliphatic rings. The van der Waals surface area contributed by atoms with Gasteiger partial charge in [0.25, 0.3) is 5.91 Å². The fourth-order valence-electron chi connectivity index (χ4n) is 3.45. The van der Waals surface area contributed by atoms with Crippen LogP contribution >= 0.6 is 24.0 Å². The summed E-state index contributed by atoms with van der Waals surface area (Å²) in [6, 6.07) is 17.7. The second kappa shape index (κ2) is 12.4. The monoisotopic (exact) mass is 560 g/mol. The van der Waals surface area contributed by atoms with Gasteiger partial charge in [0.05, 0.1) is 17.9 Å². The predicted molar refractivity (Wildman–Crippen MR) is 145 cm³/mol. The molecule has 2 N–H and O–H groups in total. The molecule has 0 radical (unpaired) electrons. The van der Waals surface area contributed by atoms with Gasteiger partial charge in [-0.15, -0.1) is 24.0 Å². The van der Waals surface area contributed by atoms with E-state index in [2.05, 4.69) is 29.7 Å². The number of hydrogen-bond acceptors (Lipinski definition) is 3. The summed E-state index contributed by atoms with van der Waals surface area (Å²) >= 11 is 0. The number of amides is 1. The highest BCUT2D eigenvalue weighted by molar-refractivity contribution is 14.0. The average molecular weight is 560 g/mol. The number of para-hydroxylation sites is 1. The van der Waals surface area contributed by atoms with Gasteiger partial charge in [0, 0.05) is 44.0 Å². The molecule has 8 heteroatoms. The zero-order valence-electron chi connectivity index (χ0n) is 19.9. The Morgan fingerprint density at radius 2 is 1.70 bits per heavy atom. The quantitative estimate of drug-likeness (QED) is 0.260. The average Bonchev–Trinajstić information content (AvgIpc) is 3.09. The number of aromatic nitrogens is 2. The summed E-state index contributed by atoms with van der Waals surface area (Å²) in [5.41, 5.74) is 6.03. The first-order valence-electron chi connectivity index (χ1n) is 10.8. The first kappa shape index (κ1) is 26.4. The lowest BCUT2D eigenvalue weighted by Crippen LogP contribution is -2.37. The van der Waals surface area contributed by atoms with Gasteiger partial charge in [0.2, 0.25) is 0 Å². The molecule has 2 aromatic carbocycles. The summed E-state index contributed by atoms with van der Waals surface area (Å²) in [7, 11) is 3.50. The third-order valence-corrected chi connectivity index (χ3v) is 5.25. The lowest BCUT2D eigenvalue weighted by atomic mass is 10.1. The van der Waals surface area contributed by atoms with Crippen molar-refractivity contribution in [3.05, 3.63) is 82.7 Å².